The second-order valence-electron chi connectivity index (χ2n) is 4.46. The Balaban J connectivity index is 2.16. The number of carbonyl (C=O) groups is 2. The molecule has 0 saturated heterocycles. The summed E-state index contributed by atoms with van der Waals surface area (Å²) in [4.78, 5) is 25.4. The number of halogens is 2. The van der Waals surface area contributed by atoms with Crippen LogP contribution >= 0.6 is 0 Å². The maximum atomic E-state index is 13.5. The molecule has 6 heteroatoms. The zero-order chi connectivity index (χ0) is 16.1. The molecule has 0 aliphatic carbocycles. The zero-order valence-corrected chi connectivity index (χ0v) is 11.8. The first-order chi connectivity index (χ1) is 10.5. The van der Waals surface area contributed by atoms with Crippen LogP contribution in [0, 0.1) is 11.6 Å². The lowest BCUT2D eigenvalue weighted by Crippen LogP contribution is -2.39. The van der Waals surface area contributed by atoms with Crippen LogP contribution in [-0.4, -0.2) is 18.4 Å². The van der Waals surface area contributed by atoms with Gasteiger partial charge in [0.25, 0.3) is 0 Å². The molecule has 0 aliphatic rings. The molecule has 0 aliphatic heterocycles. The first-order valence-electron chi connectivity index (χ1n) is 6.66. The van der Waals surface area contributed by atoms with Gasteiger partial charge in [-0.1, -0.05) is 18.2 Å². The number of likely N-dealkylation sites (N-methyl/N-ethyl adjacent to an activating group) is 1. The Bertz CT molecular complexity index is 690. The number of rotatable bonds is 3. The van der Waals surface area contributed by atoms with E-state index in [2.05, 4.69) is 5.32 Å². The largest absolute Gasteiger partial charge is 0.316 e. The molecule has 22 heavy (non-hydrogen) atoms. The van der Waals surface area contributed by atoms with Gasteiger partial charge in [-0.05, 0) is 31.2 Å². The molecule has 0 heterocycles. The molecule has 0 saturated carbocycles. The minimum absolute atomic E-state index is 0.246. The fourth-order valence-corrected chi connectivity index (χ4v) is 1.94. The quantitative estimate of drug-likeness (QED) is 0.886. The summed E-state index contributed by atoms with van der Waals surface area (Å²) in [6.07, 6.45) is 0. The number of carbonyl (C=O) groups excluding carboxylic acids is 2. The zero-order valence-electron chi connectivity index (χ0n) is 11.8. The number of hydrogen-bond acceptors (Lipinski definition) is 2. The van der Waals surface area contributed by atoms with Crippen LogP contribution in [0.1, 0.15) is 6.92 Å². The third kappa shape index (κ3) is 3.46. The van der Waals surface area contributed by atoms with E-state index in [4.69, 9.17) is 0 Å². The van der Waals surface area contributed by atoms with Crippen molar-refractivity contribution in [1.29, 1.82) is 0 Å². The van der Waals surface area contributed by atoms with Crippen molar-refractivity contribution in [3.05, 3.63) is 60.2 Å². The average Bonchev–Trinajstić information content (AvgIpc) is 2.51. The van der Waals surface area contributed by atoms with E-state index in [1.165, 1.54) is 4.90 Å². The third-order valence-electron chi connectivity index (χ3n) is 3.00. The molecule has 2 aromatic carbocycles. The van der Waals surface area contributed by atoms with Crippen molar-refractivity contribution >= 4 is 23.2 Å². The summed E-state index contributed by atoms with van der Waals surface area (Å²) < 4.78 is 26.3. The normalized spacial score (nSPS) is 10.1. The van der Waals surface area contributed by atoms with Crippen LogP contribution in [0.5, 0.6) is 0 Å². The van der Waals surface area contributed by atoms with Gasteiger partial charge in [0.05, 0.1) is 5.69 Å². The summed E-state index contributed by atoms with van der Waals surface area (Å²) in [5.74, 6) is -3.51. The Morgan fingerprint density at radius 1 is 1.09 bits per heavy atom. The molecule has 4 nitrogen and oxygen atoms in total. The molecule has 0 aromatic heterocycles. The second kappa shape index (κ2) is 6.80. The lowest BCUT2D eigenvalue weighted by Gasteiger charge is -2.20. The molecule has 2 amide bonds. The van der Waals surface area contributed by atoms with Crippen molar-refractivity contribution in [3.8, 4) is 0 Å². The fraction of sp³-hybridized carbons (Fsp3) is 0.125. The highest BCUT2D eigenvalue weighted by molar-refractivity contribution is 6.44. The van der Waals surface area contributed by atoms with Gasteiger partial charge in [0.2, 0.25) is 0 Å². The standard InChI is InChI=1S/C16H14F2N2O2/c1-2-20(12-6-4-3-5-7-12)16(22)15(21)19-14-9-8-11(17)10-13(14)18/h3-10H,2H2,1H3,(H,19,21). The van der Waals surface area contributed by atoms with Crippen molar-refractivity contribution in [1.82, 2.24) is 0 Å². The summed E-state index contributed by atoms with van der Waals surface area (Å²) in [5, 5.41) is 2.15. The molecule has 0 unspecified atom stereocenters. The molecule has 0 fully saturated rings. The van der Waals surface area contributed by atoms with Gasteiger partial charge < -0.3 is 10.2 Å². The molecule has 0 atom stereocenters. The highest BCUT2D eigenvalue weighted by atomic mass is 19.1. The van der Waals surface area contributed by atoms with E-state index >= 15 is 0 Å². The van der Waals surface area contributed by atoms with Crippen LogP contribution < -0.4 is 10.2 Å². The molecule has 0 radical (unpaired) electrons. The summed E-state index contributed by atoms with van der Waals surface area (Å²) in [7, 11) is 0. The fourth-order valence-electron chi connectivity index (χ4n) is 1.94. The molecule has 2 aromatic rings. The van der Waals surface area contributed by atoms with E-state index in [0.717, 1.165) is 12.1 Å². The predicted octanol–water partition coefficient (Wildman–Crippen LogP) is 2.96. The third-order valence-corrected chi connectivity index (χ3v) is 3.00. The first-order valence-corrected chi connectivity index (χ1v) is 6.66. The van der Waals surface area contributed by atoms with Gasteiger partial charge in [0.15, 0.2) is 0 Å². The minimum atomic E-state index is -0.990. The number of benzene rings is 2. The monoisotopic (exact) mass is 304 g/mol. The number of nitrogens with zero attached hydrogens (tertiary/aromatic N) is 1. The summed E-state index contributed by atoms with van der Waals surface area (Å²) in [5.41, 5.74) is 0.314. The maximum Gasteiger partial charge on any atom is 0.316 e. The van der Waals surface area contributed by atoms with Crippen LogP contribution in [0.25, 0.3) is 0 Å². The molecule has 2 rings (SSSR count). The molecular weight excluding hydrogens is 290 g/mol. The van der Waals surface area contributed by atoms with Crippen molar-refractivity contribution < 1.29 is 18.4 Å². The predicted molar refractivity (Wildman–Crippen MR) is 79.5 cm³/mol. The lowest BCUT2D eigenvalue weighted by atomic mass is 10.2. The number of amides is 2. The van der Waals surface area contributed by atoms with Crippen molar-refractivity contribution in [3.63, 3.8) is 0 Å². The van der Waals surface area contributed by atoms with E-state index in [-0.39, 0.29) is 12.2 Å². The molecule has 114 valence electrons. The van der Waals surface area contributed by atoms with E-state index in [0.29, 0.717) is 11.8 Å². The summed E-state index contributed by atoms with van der Waals surface area (Å²) in [6.45, 7) is 2.00. The van der Waals surface area contributed by atoms with Gasteiger partial charge in [0.1, 0.15) is 11.6 Å². The van der Waals surface area contributed by atoms with Crippen molar-refractivity contribution in [2.45, 2.75) is 6.92 Å². The Kier molecular flexibility index (Phi) is 4.83. The number of nitrogens with one attached hydrogen (secondary N) is 1. The van der Waals surface area contributed by atoms with Crippen LogP contribution in [0.4, 0.5) is 20.2 Å². The van der Waals surface area contributed by atoms with E-state index in [1.54, 1.807) is 37.3 Å². The first kappa shape index (κ1) is 15.6. The van der Waals surface area contributed by atoms with Gasteiger partial charge in [-0.25, -0.2) is 8.78 Å². The Hall–Kier alpha value is -2.76. The Labute approximate surface area is 126 Å². The molecular formula is C16H14F2N2O2. The van der Waals surface area contributed by atoms with Gasteiger partial charge in [-0.3, -0.25) is 9.59 Å². The summed E-state index contributed by atoms with van der Waals surface area (Å²) in [6, 6.07) is 11.3. The van der Waals surface area contributed by atoms with Crippen molar-refractivity contribution in [2.75, 3.05) is 16.8 Å². The smallest absolute Gasteiger partial charge is 0.315 e. The van der Waals surface area contributed by atoms with Gasteiger partial charge in [-0.2, -0.15) is 0 Å². The van der Waals surface area contributed by atoms with E-state index in [9.17, 15) is 18.4 Å². The summed E-state index contributed by atoms with van der Waals surface area (Å²) >= 11 is 0. The Morgan fingerprint density at radius 3 is 2.36 bits per heavy atom. The SMILES string of the molecule is CCN(C(=O)C(=O)Nc1ccc(F)cc1F)c1ccccc1. The van der Waals surface area contributed by atoms with Crippen LogP contribution in [-0.2, 0) is 9.59 Å². The van der Waals surface area contributed by atoms with E-state index in [1.807, 2.05) is 0 Å². The van der Waals surface area contributed by atoms with Crippen molar-refractivity contribution in [2.24, 2.45) is 0 Å². The molecule has 0 bridgehead atoms. The van der Waals surface area contributed by atoms with Gasteiger partial charge in [-0.15, -0.1) is 0 Å². The molecule has 1 N–H and O–H groups in total. The highest BCUT2D eigenvalue weighted by Crippen LogP contribution is 2.17. The molecule has 0 spiro atoms. The number of anilines is 2. The minimum Gasteiger partial charge on any atom is -0.315 e. The average molecular weight is 304 g/mol. The maximum absolute atomic E-state index is 13.5. The highest BCUT2D eigenvalue weighted by Gasteiger charge is 2.22. The number of para-hydroxylation sites is 1. The lowest BCUT2D eigenvalue weighted by molar-refractivity contribution is -0.134. The van der Waals surface area contributed by atoms with Crippen LogP contribution in [0.15, 0.2) is 48.5 Å². The van der Waals surface area contributed by atoms with E-state index < -0.39 is 23.4 Å². The van der Waals surface area contributed by atoms with Crippen LogP contribution in [0.2, 0.25) is 0 Å². The number of hydrogen-bond donors (Lipinski definition) is 1. The topological polar surface area (TPSA) is 49.4 Å². The Morgan fingerprint density at radius 2 is 1.77 bits per heavy atom. The van der Waals surface area contributed by atoms with Crippen LogP contribution in [0.3, 0.4) is 0 Å². The van der Waals surface area contributed by atoms with Gasteiger partial charge in [0, 0.05) is 18.3 Å². The second-order valence-corrected chi connectivity index (χ2v) is 4.46. The van der Waals surface area contributed by atoms with Gasteiger partial charge >= 0.3 is 11.8 Å².